The summed E-state index contributed by atoms with van der Waals surface area (Å²) in [5.74, 6) is 0.922. The molecule has 0 bridgehead atoms. The summed E-state index contributed by atoms with van der Waals surface area (Å²) in [4.78, 5) is 17.0. The Morgan fingerprint density at radius 2 is 1.97 bits per heavy atom. The Bertz CT molecular complexity index is 1280. The number of rotatable bonds is 8. The number of carbonyl (C=O) groups is 1. The van der Waals surface area contributed by atoms with Gasteiger partial charge in [-0.25, -0.2) is 9.78 Å². The Kier molecular flexibility index (Phi) is 6.78. The van der Waals surface area contributed by atoms with Crippen molar-refractivity contribution in [2.45, 2.75) is 12.5 Å². The van der Waals surface area contributed by atoms with Gasteiger partial charge < -0.3 is 15.4 Å². The van der Waals surface area contributed by atoms with Crippen LogP contribution in [0.2, 0.25) is 0 Å². The standard InChI is InChI=1S/C24H23N7O2/c1-33-12-11-20(16-7-3-2-4-8-16)28-24(32)29-22-13-21-18(15-26-22)23(31-30-21)27-19-10-6-5-9-17(19)14-25/h2-10,13,15,20H,11-12H2,1H3,(H2,27,30,31)(H2,26,28,29,32). The van der Waals surface area contributed by atoms with Crippen molar-refractivity contribution in [3.8, 4) is 6.07 Å². The van der Waals surface area contributed by atoms with Crippen LogP contribution >= 0.6 is 0 Å². The zero-order chi connectivity index (χ0) is 23.0. The normalized spacial score (nSPS) is 11.5. The molecule has 4 N–H and O–H groups in total. The minimum Gasteiger partial charge on any atom is -0.385 e. The number of para-hydroxylation sites is 1. The number of nitrogens with one attached hydrogen (secondary N) is 4. The third-order valence-corrected chi connectivity index (χ3v) is 5.11. The Hall–Kier alpha value is -4.42. The summed E-state index contributed by atoms with van der Waals surface area (Å²) >= 11 is 0. The first kappa shape index (κ1) is 21.8. The lowest BCUT2D eigenvalue weighted by Gasteiger charge is -2.19. The minimum atomic E-state index is -0.368. The van der Waals surface area contributed by atoms with Crippen LogP contribution in [0.3, 0.4) is 0 Å². The molecular formula is C24H23N7O2. The number of fused-ring (bicyclic) bond motifs is 1. The lowest BCUT2D eigenvalue weighted by atomic mass is 10.0. The molecule has 33 heavy (non-hydrogen) atoms. The number of hydrogen-bond acceptors (Lipinski definition) is 6. The number of amides is 2. The highest BCUT2D eigenvalue weighted by molar-refractivity contribution is 5.95. The van der Waals surface area contributed by atoms with Crippen molar-refractivity contribution in [2.75, 3.05) is 24.4 Å². The van der Waals surface area contributed by atoms with E-state index in [1.165, 1.54) is 0 Å². The van der Waals surface area contributed by atoms with Gasteiger partial charge >= 0.3 is 6.03 Å². The number of ether oxygens (including phenoxy) is 1. The largest absolute Gasteiger partial charge is 0.385 e. The second-order valence-corrected chi connectivity index (χ2v) is 7.31. The predicted octanol–water partition coefficient (Wildman–Crippen LogP) is 4.47. The van der Waals surface area contributed by atoms with Gasteiger partial charge in [-0.15, -0.1) is 0 Å². The van der Waals surface area contributed by atoms with Crippen LogP contribution in [-0.4, -0.2) is 34.9 Å². The number of carbonyl (C=O) groups excluding carboxylic acids is 1. The fraction of sp³-hybridized carbons (Fsp3) is 0.167. The quantitative estimate of drug-likeness (QED) is 0.319. The molecule has 2 amide bonds. The molecule has 0 saturated carbocycles. The van der Waals surface area contributed by atoms with Crippen molar-refractivity contribution in [3.05, 3.63) is 78.0 Å². The third-order valence-electron chi connectivity index (χ3n) is 5.11. The lowest BCUT2D eigenvalue weighted by Crippen LogP contribution is -2.33. The number of pyridine rings is 1. The summed E-state index contributed by atoms with van der Waals surface area (Å²) in [6, 6.07) is 20.2. The van der Waals surface area contributed by atoms with E-state index in [0.29, 0.717) is 41.4 Å². The van der Waals surface area contributed by atoms with Crippen LogP contribution in [0, 0.1) is 11.3 Å². The minimum absolute atomic E-state index is 0.196. The van der Waals surface area contributed by atoms with Crippen molar-refractivity contribution < 1.29 is 9.53 Å². The monoisotopic (exact) mass is 441 g/mol. The smallest absolute Gasteiger partial charge is 0.320 e. The van der Waals surface area contributed by atoms with Crippen molar-refractivity contribution in [1.29, 1.82) is 5.26 Å². The molecule has 0 fully saturated rings. The van der Waals surface area contributed by atoms with E-state index in [9.17, 15) is 10.1 Å². The maximum Gasteiger partial charge on any atom is 0.320 e. The van der Waals surface area contributed by atoms with Gasteiger partial charge in [0.1, 0.15) is 11.9 Å². The average Bonchev–Trinajstić information content (AvgIpc) is 3.24. The Morgan fingerprint density at radius 3 is 2.76 bits per heavy atom. The molecule has 2 aromatic heterocycles. The molecule has 0 aliphatic rings. The summed E-state index contributed by atoms with van der Waals surface area (Å²) in [6.45, 7) is 0.517. The first-order valence-corrected chi connectivity index (χ1v) is 10.4. The Morgan fingerprint density at radius 1 is 1.18 bits per heavy atom. The van der Waals surface area contributed by atoms with Crippen LogP contribution in [0.5, 0.6) is 0 Å². The number of benzene rings is 2. The van der Waals surface area contributed by atoms with E-state index in [4.69, 9.17) is 4.74 Å². The van der Waals surface area contributed by atoms with E-state index in [1.54, 1.807) is 37.6 Å². The second kappa shape index (κ2) is 10.3. The average molecular weight is 441 g/mol. The van der Waals surface area contributed by atoms with Gasteiger partial charge in [-0.1, -0.05) is 42.5 Å². The molecule has 0 radical (unpaired) electrons. The molecule has 0 saturated heterocycles. The third kappa shape index (κ3) is 5.26. The van der Waals surface area contributed by atoms with Crippen LogP contribution in [0.25, 0.3) is 10.9 Å². The van der Waals surface area contributed by atoms with Crippen molar-refractivity contribution >= 4 is 34.3 Å². The van der Waals surface area contributed by atoms with E-state index in [1.807, 2.05) is 36.4 Å². The topological polar surface area (TPSA) is 128 Å². The van der Waals surface area contributed by atoms with Gasteiger partial charge in [0.25, 0.3) is 0 Å². The maximum atomic E-state index is 12.6. The zero-order valence-corrected chi connectivity index (χ0v) is 18.0. The number of methoxy groups -OCH3 is 1. The van der Waals surface area contributed by atoms with E-state index in [-0.39, 0.29) is 12.1 Å². The molecule has 1 atom stereocenters. The van der Waals surface area contributed by atoms with Crippen LogP contribution in [0.15, 0.2) is 66.9 Å². The lowest BCUT2D eigenvalue weighted by molar-refractivity contribution is 0.183. The molecule has 2 heterocycles. The number of anilines is 3. The highest BCUT2D eigenvalue weighted by Gasteiger charge is 2.16. The Balaban J connectivity index is 1.47. The number of H-pyrrole nitrogens is 1. The fourth-order valence-electron chi connectivity index (χ4n) is 3.45. The molecule has 9 heteroatoms. The summed E-state index contributed by atoms with van der Waals surface area (Å²) in [7, 11) is 1.63. The molecule has 0 spiro atoms. The number of nitriles is 1. The molecule has 1 unspecified atom stereocenters. The molecule has 0 aliphatic heterocycles. The van der Waals surface area contributed by atoms with E-state index in [0.717, 1.165) is 10.9 Å². The van der Waals surface area contributed by atoms with Gasteiger partial charge in [0.2, 0.25) is 0 Å². The number of nitrogens with zero attached hydrogens (tertiary/aromatic N) is 3. The van der Waals surface area contributed by atoms with Gasteiger partial charge in [0, 0.05) is 26.0 Å². The fourth-order valence-corrected chi connectivity index (χ4v) is 3.45. The molecular weight excluding hydrogens is 418 g/mol. The van der Waals surface area contributed by atoms with Crippen LogP contribution in [0.4, 0.5) is 22.1 Å². The highest BCUT2D eigenvalue weighted by Crippen LogP contribution is 2.26. The first-order chi connectivity index (χ1) is 16.2. The molecule has 2 aromatic carbocycles. The van der Waals surface area contributed by atoms with Gasteiger partial charge in [-0.3, -0.25) is 10.4 Å². The summed E-state index contributed by atoms with van der Waals surface area (Å²) < 4.78 is 5.18. The predicted molar refractivity (Wildman–Crippen MR) is 126 cm³/mol. The number of aromatic nitrogens is 3. The SMILES string of the molecule is COCCC(NC(=O)Nc1cc2[nH]nc(Nc3ccccc3C#N)c2cn1)c1ccccc1. The van der Waals surface area contributed by atoms with Crippen molar-refractivity contribution in [3.63, 3.8) is 0 Å². The maximum absolute atomic E-state index is 12.6. The van der Waals surface area contributed by atoms with Crippen LogP contribution in [0.1, 0.15) is 23.6 Å². The molecule has 4 aromatic rings. The molecule has 4 rings (SSSR count). The molecule has 0 aliphatic carbocycles. The summed E-state index contributed by atoms with van der Waals surface area (Å²) in [6.07, 6.45) is 2.26. The first-order valence-electron chi connectivity index (χ1n) is 10.4. The number of hydrogen-bond donors (Lipinski definition) is 4. The van der Waals surface area contributed by atoms with Gasteiger partial charge in [-0.2, -0.15) is 10.4 Å². The molecule has 9 nitrogen and oxygen atoms in total. The highest BCUT2D eigenvalue weighted by atomic mass is 16.5. The van der Waals surface area contributed by atoms with Gasteiger partial charge in [-0.05, 0) is 24.1 Å². The van der Waals surface area contributed by atoms with Crippen LogP contribution in [-0.2, 0) is 4.74 Å². The number of aromatic amines is 1. The zero-order valence-electron chi connectivity index (χ0n) is 18.0. The van der Waals surface area contributed by atoms with Crippen LogP contribution < -0.4 is 16.0 Å². The number of urea groups is 1. The van der Waals surface area contributed by atoms with Gasteiger partial charge in [0.15, 0.2) is 5.82 Å². The Labute approximate surface area is 190 Å². The summed E-state index contributed by atoms with van der Waals surface area (Å²) in [5.41, 5.74) is 2.85. The van der Waals surface area contributed by atoms with Crippen molar-refractivity contribution in [1.82, 2.24) is 20.5 Å². The summed E-state index contributed by atoms with van der Waals surface area (Å²) in [5, 5.41) is 26.1. The van der Waals surface area contributed by atoms with E-state index in [2.05, 4.69) is 37.2 Å². The van der Waals surface area contributed by atoms with Gasteiger partial charge in [0.05, 0.1) is 28.2 Å². The van der Waals surface area contributed by atoms with Crippen molar-refractivity contribution in [2.24, 2.45) is 0 Å². The van der Waals surface area contributed by atoms with E-state index >= 15 is 0 Å². The second-order valence-electron chi connectivity index (χ2n) is 7.31. The molecule has 166 valence electrons. The van der Waals surface area contributed by atoms with E-state index < -0.39 is 0 Å².